The van der Waals surface area contributed by atoms with Crippen LogP contribution in [0.2, 0.25) is 0 Å². The van der Waals surface area contributed by atoms with E-state index in [9.17, 15) is 22.0 Å². The molecule has 1 rings (SSSR count). The Morgan fingerprint density at radius 3 is 2.05 bits per heavy atom. The molecule has 2 nitrogen and oxygen atoms in total. The lowest BCUT2D eigenvalue weighted by Gasteiger charge is -2.29. The van der Waals surface area contributed by atoms with Crippen LogP contribution >= 0.6 is 0 Å². The summed E-state index contributed by atoms with van der Waals surface area (Å²) in [6.07, 6.45) is -5.17. The molecule has 0 aliphatic rings. The van der Waals surface area contributed by atoms with Crippen molar-refractivity contribution < 1.29 is 26.7 Å². The Bertz CT molecular complexity index is 416. The van der Waals surface area contributed by atoms with Crippen molar-refractivity contribution in [3.05, 3.63) is 29.8 Å². The summed E-state index contributed by atoms with van der Waals surface area (Å²) >= 11 is 0. The van der Waals surface area contributed by atoms with Gasteiger partial charge in [-0.1, -0.05) is 19.1 Å². The molecule has 1 aromatic carbocycles. The first-order valence-corrected chi connectivity index (χ1v) is 6.06. The van der Waals surface area contributed by atoms with Crippen molar-refractivity contribution in [1.82, 2.24) is 5.32 Å². The quantitative estimate of drug-likeness (QED) is 0.803. The standard InChI is InChI=1S/C13H16F5NO/c1-3-8-19-11(12(14,15)13(16,17)18)9-4-6-10(20-2)7-5-9/h4-7,11,19H,3,8H2,1-2H3. The number of rotatable bonds is 6. The zero-order chi connectivity index (χ0) is 15.4. The molecule has 0 heterocycles. The Morgan fingerprint density at radius 1 is 1.10 bits per heavy atom. The first-order valence-electron chi connectivity index (χ1n) is 6.06. The zero-order valence-corrected chi connectivity index (χ0v) is 11.1. The Hall–Kier alpha value is -1.37. The minimum atomic E-state index is -5.61. The van der Waals surface area contributed by atoms with Gasteiger partial charge in [-0.15, -0.1) is 0 Å². The second kappa shape index (κ2) is 6.39. The largest absolute Gasteiger partial charge is 0.497 e. The fourth-order valence-corrected chi connectivity index (χ4v) is 1.70. The SMILES string of the molecule is CCCNC(c1ccc(OC)cc1)C(F)(F)C(F)(F)F. The van der Waals surface area contributed by atoms with Crippen LogP contribution < -0.4 is 10.1 Å². The molecule has 0 radical (unpaired) electrons. The van der Waals surface area contributed by atoms with Gasteiger partial charge in [-0.25, -0.2) is 0 Å². The second-order valence-corrected chi connectivity index (χ2v) is 4.28. The highest BCUT2D eigenvalue weighted by Crippen LogP contribution is 2.44. The van der Waals surface area contributed by atoms with Crippen molar-refractivity contribution in [2.24, 2.45) is 0 Å². The highest BCUT2D eigenvalue weighted by molar-refractivity contribution is 5.30. The topological polar surface area (TPSA) is 21.3 Å². The minimum absolute atomic E-state index is 0.0579. The summed E-state index contributed by atoms with van der Waals surface area (Å²) in [5, 5.41) is 2.26. The molecule has 0 aromatic heterocycles. The first kappa shape index (κ1) is 16.7. The number of alkyl halides is 5. The number of ether oxygens (including phenoxy) is 1. The minimum Gasteiger partial charge on any atom is -0.497 e. The van der Waals surface area contributed by atoms with Crippen molar-refractivity contribution in [1.29, 1.82) is 0 Å². The molecule has 0 saturated heterocycles. The summed E-state index contributed by atoms with van der Waals surface area (Å²) in [6.45, 7) is 1.74. The van der Waals surface area contributed by atoms with Gasteiger partial charge in [-0.2, -0.15) is 22.0 Å². The van der Waals surface area contributed by atoms with E-state index in [1.807, 2.05) is 0 Å². The van der Waals surface area contributed by atoms with Crippen LogP contribution in [0.4, 0.5) is 22.0 Å². The lowest BCUT2D eigenvalue weighted by molar-refractivity contribution is -0.294. The molecule has 20 heavy (non-hydrogen) atoms. The number of hydrogen-bond donors (Lipinski definition) is 1. The first-order chi connectivity index (χ1) is 9.24. The molecule has 0 amide bonds. The fraction of sp³-hybridized carbons (Fsp3) is 0.538. The van der Waals surface area contributed by atoms with E-state index in [1.54, 1.807) is 6.92 Å². The van der Waals surface area contributed by atoms with Gasteiger partial charge in [0.15, 0.2) is 0 Å². The van der Waals surface area contributed by atoms with Crippen LogP contribution in [0, 0.1) is 0 Å². The monoisotopic (exact) mass is 297 g/mol. The third-order valence-corrected chi connectivity index (χ3v) is 2.79. The molecule has 0 saturated carbocycles. The van der Waals surface area contributed by atoms with Crippen molar-refractivity contribution in [2.75, 3.05) is 13.7 Å². The molecule has 0 aliphatic heterocycles. The van der Waals surface area contributed by atoms with Crippen LogP contribution in [0.15, 0.2) is 24.3 Å². The molecular formula is C13H16F5NO. The number of halogens is 5. The predicted octanol–water partition coefficient (Wildman–Crippen LogP) is 3.93. The van der Waals surface area contributed by atoms with E-state index in [4.69, 9.17) is 4.74 Å². The molecular weight excluding hydrogens is 281 g/mol. The maximum Gasteiger partial charge on any atom is 0.455 e. The van der Waals surface area contributed by atoms with E-state index in [0.717, 1.165) is 0 Å². The summed E-state index contributed by atoms with van der Waals surface area (Å²) in [4.78, 5) is 0. The van der Waals surface area contributed by atoms with E-state index in [2.05, 4.69) is 5.32 Å². The Balaban J connectivity index is 3.10. The Morgan fingerprint density at radius 2 is 1.65 bits per heavy atom. The van der Waals surface area contributed by atoms with E-state index < -0.39 is 18.1 Å². The van der Waals surface area contributed by atoms with E-state index in [0.29, 0.717) is 12.2 Å². The number of hydrogen-bond acceptors (Lipinski definition) is 2. The van der Waals surface area contributed by atoms with Crippen LogP contribution in [0.1, 0.15) is 24.9 Å². The van der Waals surface area contributed by atoms with E-state index >= 15 is 0 Å². The van der Waals surface area contributed by atoms with Gasteiger partial charge in [0.25, 0.3) is 0 Å². The summed E-state index contributed by atoms with van der Waals surface area (Å²) in [5.41, 5.74) is -0.137. The highest BCUT2D eigenvalue weighted by atomic mass is 19.4. The molecule has 0 fully saturated rings. The average molecular weight is 297 g/mol. The number of nitrogens with one attached hydrogen (secondary N) is 1. The predicted molar refractivity (Wildman–Crippen MR) is 65.0 cm³/mol. The molecule has 1 N–H and O–H groups in total. The maximum absolute atomic E-state index is 13.6. The summed E-state index contributed by atoms with van der Waals surface area (Å²) < 4.78 is 69.6. The lowest BCUT2D eigenvalue weighted by atomic mass is 9.99. The summed E-state index contributed by atoms with van der Waals surface area (Å²) in [6, 6.07) is 2.98. The van der Waals surface area contributed by atoms with Crippen LogP contribution in [-0.4, -0.2) is 25.8 Å². The van der Waals surface area contributed by atoms with Gasteiger partial charge in [-0.3, -0.25) is 0 Å². The van der Waals surface area contributed by atoms with E-state index in [1.165, 1.54) is 31.4 Å². The molecule has 1 aromatic rings. The molecule has 0 spiro atoms. The van der Waals surface area contributed by atoms with Crippen LogP contribution in [0.5, 0.6) is 5.75 Å². The van der Waals surface area contributed by atoms with Crippen LogP contribution in [-0.2, 0) is 0 Å². The van der Waals surface area contributed by atoms with Gasteiger partial charge in [-0.05, 0) is 30.7 Å². The normalized spacial score (nSPS) is 14.2. The average Bonchev–Trinajstić information content (AvgIpc) is 2.38. The summed E-state index contributed by atoms with van der Waals surface area (Å²) in [7, 11) is 1.38. The molecule has 114 valence electrons. The third-order valence-electron chi connectivity index (χ3n) is 2.79. The van der Waals surface area contributed by atoms with Crippen molar-refractivity contribution in [3.63, 3.8) is 0 Å². The van der Waals surface area contributed by atoms with Crippen LogP contribution in [0.25, 0.3) is 0 Å². The Labute approximate surface area is 113 Å². The smallest absolute Gasteiger partial charge is 0.455 e. The second-order valence-electron chi connectivity index (χ2n) is 4.28. The molecule has 7 heteroatoms. The maximum atomic E-state index is 13.6. The molecule has 0 bridgehead atoms. The molecule has 1 atom stereocenters. The van der Waals surface area contributed by atoms with Crippen molar-refractivity contribution in [2.45, 2.75) is 31.5 Å². The van der Waals surface area contributed by atoms with Gasteiger partial charge in [0.2, 0.25) is 0 Å². The van der Waals surface area contributed by atoms with Gasteiger partial charge < -0.3 is 10.1 Å². The zero-order valence-electron chi connectivity index (χ0n) is 11.1. The highest BCUT2D eigenvalue weighted by Gasteiger charge is 2.62. The van der Waals surface area contributed by atoms with Gasteiger partial charge in [0.1, 0.15) is 11.8 Å². The fourth-order valence-electron chi connectivity index (χ4n) is 1.70. The summed E-state index contributed by atoms with van der Waals surface area (Å²) in [5.74, 6) is -4.46. The molecule has 0 aliphatic carbocycles. The van der Waals surface area contributed by atoms with E-state index in [-0.39, 0.29) is 12.1 Å². The third kappa shape index (κ3) is 3.59. The van der Waals surface area contributed by atoms with Gasteiger partial charge in [0, 0.05) is 0 Å². The Kier molecular flexibility index (Phi) is 5.33. The van der Waals surface area contributed by atoms with Gasteiger partial charge in [0.05, 0.1) is 7.11 Å². The molecule has 1 unspecified atom stereocenters. The number of methoxy groups -OCH3 is 1. The lowest BCUT2D eigenvalue weighted by Crippen LogP contribution is -2.48. The van der Waals surface area contributed by atoms with Crippen molar-refractivity contribution >= 4 is 0 Å². The van der Waals surface area contributed by atoms with Crippen LogP contribution in [0.3, 0.4) is 0 Å². The van der Waals surface area contributed by atoms with Gasteiger partial charge >= 0.3 is 12.1 Å². The van der Waals surface area contributed by atoms with Crippen molar-refractivity contribution in [3.8, 4) is 5.75 Å². The number of benzene rings is 1.